The number of aryl methyl sites for hydroxylation is 1. The number of unbranched alkanes of at least 4 members (excludes halogenated alkanes) is 2. The SMILES string of the molecule is CCCCC#Cc1c(C)cccc1[N+](=O)[O-]. The normalized spacial score (nSPS) is 9.38. The molecule has 16 heavy (non-hydrogen) atoms. The Hall–Kier alpha value is -1.82. The molecule has 0 spiro atoms. The van der Waals surface area contributed by atoms with E-state index in [1.54, 1.807) is 6.07 Å². The number of nitro groups is 1. The molecule has 1 aromatic carbocycles. The Bertz CT molecular complexity index is 441. The lowest BCUT2D eigenvalue weighted by atomic mass is 10.1. The van der Waals surface area contributed by atoms with E-state index in [4.69, 9.17) is 0 Å². The predicted molar refractivity (Wildman–Crippen MR) is 64.2 cm³/mol. The van der Waals surface area contributed by atoms with Gasteiger partial charge < -0.3 is 0 Å². The van der Waals surface area contributed by atoms with Crippen molar-refractivity contribution in [2.75, 3.05) is 0 Å². The maximum atomic E-state index is 10.8. The highest BCUT2D eigenvalue weighted by Crippen LogP contribution is 2.20. The fraction of sp³-hybridized carbons (Fsp3) is 0.385. The van der Waals surface area contributed by atoms with E-state index in [1.165, 1.54) is 6.07 Å². The molecule has 0 atom stereocenters. The number of hydrogen-bond acceptors (Lipinski definition) is 2. The van der Waals surface area contributed by atoms with Crippen LogP contribution in [0.1, 0.15) is 37.3 Å². The van der Waals surface area contributed by atoms with Crippen molar-refractivity contribution >= 4 is 5.69 Å². The topological polar surface area (TPSA) is 43.1 Å². The number of benzene rings is 1. The summed E-state index contributed by atoms with van der Waals surface area (Å²) in [5.74, 6) is 5.89. The molecule has 0 aliphatic carbocycles. The maximum Gasteiger partial charge on any atom is 0.285 e. The molecule has 0 radical (unpaired) electrons. The van der Waals surface area contributed by atoms with Crippen LogP contribution in [0.15, 0.2) is 18.2 Å². The third-order valence-electron chi connectivity index (χ3n) is 2.32. The molecule has 0 saturated carbocycles. The van der Waals surface area contributed by atoms with Crippen molar-refractivity contribution in [3.63, 3.8) is 0 Å². The molecular formula is C13H15NO2. The fourth-order valence-corrected chi connectivity index (χ4v) is 1.38. The van der Waals surface area contributed by atoms with Gasteiger partial charge in [-0.25, -0.2) is 0 Å². The van der Waals surface area contributed by atoms with Crippen molar-refractivity contribution in [3.8, 4) is 11.8 Å². The van der Waals surface area contributed by atoms with Crippen molar-refractivity contribution < 1.29 is 4.92 Å². The van der Waals surface area contributed by atoms with Crippen LogP contribution in [0.3, 0.4) is 0 Å². The molecule has 3 heteroatoms. The highest BCUT2D eigenvalue weighted by atomic mass is 16.6. The van der Waals surface area contributed by atoms with Gasteiger partial charge in [0, 0.05) is 12.5 Å². The van der Waals surface area contributed by atoms with Gasteiger partial charge in [0.05, 0.1) is 4.92 Å². The largest absolute Gasteiger partial charge is 0.285 e. The van der Waals surface area contributed by atoms with Crippen molar-refractivity contribution in [2.24, 2.45) is 0 Å². The predicted octanol–water partition coefficient (Wildman–Crippen LogP) is 3.44. The van der Waals surface area contributed by atoms with E-state index in [9.17, 15) is 10.1 Å². The Balaban J connectivity index is 3.00. The molecule has 0 N–H and O–H groups in total. The number of nitro benzene ring substituents is 1. The zero-order valence-electron chi connectivity index (χ0n) is 9.62. The minimum atomic E-state index is -0.378. The van der Waals surface area contributed by atoms with Crippen LogP contribution in [0.4, 0.5) is 5.69 Å². The van der Waals surface area contributed by atoms with E-state index in [2.05, 4.69) is 18.8 Å². The summed E-state index contributed by atoms with van der Waals surface area (Å²) >= 11 is 0. The van der Waals surface area contributed by atoms with Crippen LogP contribution in [-0.4, -0.2) is 4.92 Å². The minimum absolute atomic E-state index is 0.101. The van der Waals surface area contributed by atoms with Gasteiger partial charge in [-0.1, -0.05) is 37.3 Å². The standard InChI is InChI=1S/C13H15NO2/c1-3-4-5-6-9-12-11(2)8-7-10-13(12)14(15)16/h7-8,10H,3-5H2,1-2H3. The van der Waals surface area contributed by atoms with Crippen LogP contribution in [0.25, 0.3) is 0 Å². The summed E-state index contributed by atoms with van der Waals surface area (Å²) in [7, 11) is 0. The van der Waals surface area contributed by atoms with Crippen molar-refractivity contribution in [2.45, 2.75) is 33.1 Å². The molecule has 0 aliphatic rings. The van der Waals surface area contributed by atoms with Crippen molar-refractivity contribution in [1.82, 2.24) is 0 Å². The zero-order chi connectivity index (χ0) is 12.0. The van der Waals surface area contributed by atoms with Gasteiger partial charge in [0.25, 0.3) is 5.69 Å². The maximum absolute atomic E-state index is 10.8. The van der Waals surface area contributed by atoms with E-state index >= 15 is 0 Å². The molecule has 1 rings (SSSR count). The average molecular weight is 217 g/mol. The van der Waals surface area contributed by atoms with Crippen LogP contribution < -0.4 is 0 Å². The lowest BCUT2D eigenvalue weighted by Gasteiger charge is -1.98. The molecule has 0 bridgehead atoms. The van der Waals surface area contributed by atoms with Gasteiger partial charge in [-0.05, 0) is 18.9 Å². The van der Waals surface area contributed by atoms with Gasteiger partial charge in [0.2, 0.25) is 0 Å². The Morgan fingerprint density at radius 1 is 1.44 bits per heavy atom. The van der Waals surface area contributed by atoms with Gasteiger partial charge in [-0.3, -0.25) is 10.1 Å². The van der Waals surface area contributed by atoms with E-state index in [1.807, 2.05) is 13.0 Å². The lowest BCUT2D eigenvalue weighted by molar-refractivity contribution is -0.385. The number of nitrogens with zero attached hydrogens (tertiary/aromatic N) is 1. The first-order valence-electron chi connectivity index (χ1n) is 5.39. The third-order valence-corrected chi connectivity index (χ3v) is 2.32. The molecule has 0 fully saturated rings. The van der Waals surface area contributed by atoms with Gasteiger partial charge in [-0.15, -0.1) is 0 Å². The monoisotopic (exact) mass is 217 g/mol. The Kier molecular flexibility index (Phi) is 4.53. The van der Waals surface area contributed by atoms with Gasteiger partial charge in [-0.2, -0.15) is 0 Å². The lowest BCUT2D eigenvalue weighted by Crippen LogP contribution is -1.94. The van der Waals surface area contributed by atoms with Gasteiger partial charge in [0.1, 0.15) is 5.56 Å². The first-order valence-corrected chi connectivity index (χ1v) is 5.39. The summed E-state index contributed by atoms with van der Waals surface area (Å²) in [5.41, 5.74) is 1.51. The fourth-order valence-electron chi connectivity index (χ4n) is 1.38. The molecule has 0 aromatic heterocycles. The van der Waals surface area contributed by atoms with Crippen LogP contribution in [-0.2, 0) is 0 Å². The number of rotatable bonds is 3. The Labute approximate surface area is 95.6 Å². The molecule has 0 heterocycles. The second-order valence-corrected chi connectivity index (χ2v) is 3.63. The second kappa shape index (κ2) is 5.92. The summed E-state index contributed by atoms with van der Waals surface area (Å²) in [6.45, 7) is 3.94. The first-order chi connectivity index (χ1) is 7.66. The summed E-state index contributed by atoms with van der Waals surface area (Å²) < 4.78 is 0. The van der Waals surface area contributed by atoms with E-state index in [-0.39, 0.29) is 10.6 Å². The van der Waals surface area contributed by atoms with Crippen molar-refractivity contribution in [1.29, 1.82) is 0 Å². The summed E-state index contributed by atoms with van der Waals surface area (Å²) in [4.78, 5) is 10.4. The van der Waals surface area contributed by atoms with E-state index in [0.717, 1.165) is 24.8 Å². The van der Waals surface area contributed by atoms with Gasteiger partial charge in [0.15, 0.2) is 0 Å². The van der Waals surface area contributed by atoms with Crippen LogP contribution in [0.5, 0.6) is 0 Å². The van der Waals surface area contributed by atoms with E-state index < -0.39 is 0 Å². The summed E-state index contributed by atoms with van der Waals surface area (Å²) in [6, 6.07) is 5.03. The summed E-state index contributed by atoms with van der Waals surface area (Å²) in [6.07, 6.45) is 2.92. The summed E-state index contributed by atoms with van der Waals surface area (Å²) in [5, 5.41) is 10.8. The molecular weight excluding hydrogens is 202 g/mol. The van der Waals surface area contributed by atoms with Crippen LogP contribution >= 0.6 is 0 Å². The quantitative estimate of drug-likeness (QED) is 0.337. The zero-order valence-corrected chi connectivity index (χ0v) is 9.62. The average Bonchev–Trinajstić information content (AvgIpc) is 2.25. The van der Waals surface area contributed by atoms with E-state index in [0.29, 0.717) is 5.56 Å². The molecule has 0 amide bonds. The van der Waals surface area contributed by atoms with Crippen molar-refractivity contribution in [3.05, 3.63) is 39.4 Å². The van der Waals surface area contributed by atoms with Crippen LogP contribution in [0, 0.1) is 28.9 Å². The van der Waals surface area contributed by atoms with Crippen LogP contribution in [0.2, 0.25) is 0 Å². The third kappa shape index (κ3) is 3.09. The molecule has 0 saturated heterocycles. The number of hydrogen-bond donors (Lipinski definition) is 0. The molecule has 1 aromatic rings. The Morgan fingerprint density at radius 2 is 2.19 bits per heavy atom. The van der Waals surface area contributed by atoms with Gasteiger partial charge >= 0.3 is 0 Å². The minimum Gasteiger partial charge on any atom is -0.258 e. The smallest absolute Gasteiger partial charge is 0.258 e. The Morgan fingerprint density at radius 3 is 2.81 bits per heavy atom. The highest BCUT2D eigenvalue weighted by molar-refractivity contribution is 5.55. The molecule has 0 unspecified atom stereocenters. The second-order valence-electron chi connectivity index (χ2n) is 3.63. The first kappa shape index (κ1) is 12.3. The molecule has 3 nitrogen and oxygen atoms in total. The molecule has 84 valence electrons. The molecule has 0 aliphatic heterocycles. The highest BCUT2D eigenvalue weighted by Gasteiger charge is 2.12.